The van der Waals surface area contributed by atoms with Crippen molar-refractivity contribution in [1.82, 2.24) is 5.32 Å². The Morgan fingerprint density at radius 2 is 1.90 bits per heavy atom. The Morgan fingerprint density at radius 1 is 1.25 bits per heavy atom. The highest BCUT2D eigenvalue weighted by Crippen LogP contribution is 2.27. The summed E-state index contributed by atoms with van der Waals surface area (Å²) in [7, 11) is 0. The highest BCUT2D eigenvalue weighted by Gasteiger charge is 2.47. The van der Waals surface area contributed by atoms with Gasteiger partial charge in [0, 0.05) is 13.1 Å². The normalized spacial score (nSPS) is 17.4. The van der Waals surface area contributed by atoms with Crippen molar-refractivity contribution in [2.75, 3.05) is 19.7 Å². The molecule has 1 aromatic carbocycles. The van der Waals surface area contributed by atoms with Crippen molar-refractivity contribution in [1.29, 1.82) is 0 Å². The Hall–Kier alpha value is -1.39. The van der Waals surface area contributed by atoms with Crippen molar-refractivity contribution < 1.29 is 14.3 Å². The molecule has 20 heavy (non-hydrogen) atoms. The van der Waals surface area contributed by atoms with E-state index < -0.39 is 11.0 Å². The third kappa shape index (κ3) is 3.81. The summed E-state index contributed by atoms with van der Waals surface area (Å²) in [4.78, 5) is 12.3. The number of nitrogens with one attached hydrogen (secondary N) is 1. The number of esters is 1. The third-order valence-corrected chi connectivity index (χ3v) is 3.25. The van der Waals surface area contributed by atoms with Gasteiger partial charge < -0.3 is 14.8 Å². The quantitative estimate of drug-likeness (QED) is 0.838. The van der Waals surface area contributed by atoms with Crippen molar-refractivity contribution >= 4 is 5.97 Å². The van der Waals surface area contributed by atoms with Crippen LogP contribution in [0.25, 0.3) is 0 Å². The van der Waals surface area contributed by atoms with Crippen molar-refractivity contribution in [2.45, 2.75) is 33.0 Å². The smallest absolute Gasteiger partial charge is 0.317 e. The first-order valence-corrected chi connectivity index (χ1v) is 6.97. The minimum absolute atomic E-state index is 0.170. The SMILES string of the molecule is CC(C)(C)OC(=O)C1(COCc2ccccc2)CNC1. The largest absolute Gasteiger partial charge is 0.459 e. The summed E-state index contributed by atoms with van der Waals surface area (Å²) in [5.41, 5.74) is 0.125. The molecular weight excluding hydrogens is 254 g/mol. The van der Waals surface area contributed by atoms with E-state index in [-0.39, 0.29) is 5.97 Å². The van der Waals surface area contributed by atoms with Crippen LogP contribution in [0.15, 0.2) is 30.3 Å². The topological polar surface area (TPSA) is 47.6 Å². The molecule has 0 aromatic heterocycles. The average Bonchev–Trinajstić information content (AvgIpc) is 2.31. The van der Waals surface area contributed by atoms with Crippen LogP contribution in [0.5, 0.6) is 0 Å². The van der Waals surface area contributed by atoms with Gasteiger partial charge in [0.05, 0.1) is 13.2 Å². The van der Waals surface area contributed by atoms with E-state index in [9.17, 15) is 4.79 Å². The van der Waals surface area contributed by atoms with Gasteiger partial charge in [-0.3, -0.25) is 4.79 Å². The molecule has 0 unspecified atom stereocenters. The average molecular weight is 277 g/mol. The maximum atomic E-state index is 12.3. The summed E-state index contributed by atoms with van der Waals surface area (Å²) in [5.74, 6) is -0.170. The fourth-order valence-corrected chi connectivity index (χ4v) is 2.06. The lowest BCUT2D eigenvalue weighted by molar-refractivity contribution is -0.176. The van der Waals surface area contributed by atoms with Gasteiger partial charge in [0.2, 0.25) is 0 Å². The molecule has 1 N–H and O–H groups in total. The number of hydrogen-bond acceptors (Lipinski definition) is 4. The van der Waals surface area contributed by atoms with Gasteiger partial charge in [-0.25, -0.2) is 0 Å². The molecule has 0 bridgehead atoms. The maximum absolute atomic E-state index is 12.3. The zero-order chi connectivity index (χ0) is 14.6. The zero-order valence-electron chi connectivity index (χ0n) is 12.4. The summed E-state index contributed by atoms with van der Waals surface area (Å²) in [6, 6.07) is 9.96. The minimum Gasteiger partial charge on any atom is -0.459 e. The minimum atomic E-state index is -0.526. The zero-order valence-corrected chi connectivity index (χ0v) is 12.4. The first kappa shape index (κ1) is 15.0. The van der Waals surface area contributed by atoms with Gasteiger partial charge in [0.15, 0.2) is 0 Å². The Kier molecular flexibility index (Phi) is 4.45. The molecule has 0 atom stereocenters. The lowest BCUT2D eigenvalue weighted by Crippen LogP contribution is -2.62. The lowest BCUT2D eigenvalue weighted by atomic mass is 9.82. The van der Waals surface area contributed by atoms with Crippen LogP contribution in [0.2, 0.25) is 0 Å². The number of rotatable bonds is 5. The van der Waals surface area contributed by atoms with E-state index in [4.69, 9.17) is 9.47 Å². The van der Waals surface area contributed by atoms with Crippen LogP contribution < -0.4 is 5.32 Å². The molecule has 4 nitrogen and oxygen atoms in total. The van der Waals surface area contributed by atoms with Gasteiger partial charge in [-0.05, 0) is 26.3 Å². The van der Waals surface area contributed by atoms with E-state index in [0.29, 0.717) is 26.3 Å². The molecule has 1 heterocycles. The molecular formula is C16H23NO3. The van der Waals surface area contributed by atoms with Crippen LogP contribution in [0, 0.1) is 5.41 Å². The van der Waals surface area contributed by atoms with Crippen molar-refractivity contribution in [3.63, 3.8) is 0 Å². The van der Waals surface area contributed by atoms with Crippen LogP contribution in [0.4, 0.5) is 0 Å². The van der Waals surface area contributed by atoms with E-state index >= 15 is 0 Å². The summed E-state index contributed by atoms with van der Waals surface area (Å²) in [6.45, 7) is 7.81. The fourth-order valence-electron chi connectivity index (χ4n) is 2.06. The van der Waals surface area contributed by atoms with Crippen molar-refractivity contribution in [3.05, 3.63) is 35.9 Å². The van der Waals surface area contributed by atoms with E-state index in [1.807, 2.05) is 51.1 Å². The van der Waals surface area contributed by atoms with Gasteiger partial charge >= 0.3 is 5.97 Å². The number of benzene rings is 1. The number of carbonyl (C=O) groups is 1. The highest BCUT2D eigenvalue weighted by atomic mass is 16.6. The molecule has 0 radical (unpaired) electrons. The van der Waals surface area contributed by atoms with Crippen LogP contribution in [-0.4, -0.2) is 31.3 Å². The van der Waals surface area contributed by atoms with Gasteiger partial charge in [-0.1, -0.05) is 30.3 Å². The Morgan fingerprint density at radius 3 is 2.40 bits per heavy atom. The molecule has 1 saturated heterocycles. The number of ether oxygens (including phenoxy) is 2. The van der Waals surface area contributed by atoms with E-state index in [1.165, 1.54) is 0 Å². The molecule has 4 heteroatoms. The third-order valence-electron chi connectivity index (χ3n) is 3.25. The molecule has 0 amide bonds. The first-order valence-electron chi connectivity index (χ1n) is 6.97. The summed E-state index contributed by atoms with van der Waals surface area (Å²) >= 11 is 0. The molecule has 110 valence electrons. The summed E-state index contributed by atoms with van der Waals surface area (Å²) in [6.07, 6.45) is 0. The molecule has 1 fully saturated rings. The van der Waals surface area contributed by atoms with Gasteiger partial charge in [0.1, 0.15) is 11.0 Å². The molecule has 1 aliphatic rings. The number of carbonyl (C=O) groups excluding carboxylic acids is 1. The molecule has 0 saturated carbocycles. The van der Waals surface area contributed by atoms with E-state index in [2.05, 4.69) is 5.32 Å². The lowest BCUT2D eigenvalue weighted by Gasteiger charge is -2.41. The second-order valence-electron chi connectivity index (χ2n) is 6.36. The predicted molar refractivity (Wildman–Crippen MR) is 77.2 cm³/mol. The Balaban J connectivity index is 1.87. The standard InChI is InChI=1S/C16H23NO3/c1-15(2,3)20-14(18)16(10-17-11-16)12-19-9-13-7-5-4-6-8-13/h4-8,17H,9-12H2,1-3H3. The maximum Gasteiger partial charge on any atom is 0.317 e. The molecule has 1 aromatic rings. The Bertz CT molecular complexity index is 447. The van der Waals surface area contributed by atoms with Gasteiger partial charge in [-0.2, -0.15) is 0 Å². The molecule has 1 aliphatic heterocycles. The van der Waals surface area contributed by atoms with Crippen LogP contribution in [0.3, 0.4) is 0 Å². The second-order valence-corrected chi connectivity index (χ2v) is 6.36. The van der Waals surface area contributed by atoms with Crippen molar-refractivity contribution in [3.8, 4) is 0 Å². The monoisotopic (exact) mass is 277 g/mol. The predicted octanol–water partition coefficient (Wildman–Crippen LogP) is 2.13. The summed E-state index contributed by atoms with van der Waals surface area (Å²) < 4.78 is 11.2. The van der Waals surface area contributed by atoms with E-state index in [1.54, 1.807) is 0 Å². The van der Waals surface area contributed by atoms with Crippen LogP contribution in [0.1, 0.15) is 26.3 Å². The van der Waals surface area contributed by atoms with Crippen molar-refractivity contribution in [2.24, 2.45) is 5.41 Å². The fraction of sp³-hybridized carbons (Fsp3) is 0.562. The Labute approximate surface area is 120 Å². The first-order chi connectivity index (χ1) is 9.41. The van der Waals surface area contributed by atoms with Crippen LogP contribution >= 0.6 is 0 Å². The molecule has 2 rings (SSSR count). The van der Waals surface area contributed by atoms with E-state index in [0.717, 1.165) is 5.56 Å². The van der Waals surface area contributed by atoms with Crippen LogP contribution in [-0.2, 0) is 20.9 Å². The highest BCUT2D eigenvalue weighted by molar-refractivity contribution is 5.79. The molecule has 0 spiro atoms. The second kappa shape index (κ2) is 5.94. The van der Waals surface area contributed by atoms with Gasteiger partial charge in [-0.15, -0.1) is 0 Å². The number of hydrogen-bond donors (Lipinski definition) is 1. The molecule has 0 aliphatic carbocycles. The van der Waals surface area contributed by atoms with Gasteiger partial charge in [0.25, 0.3) is 0 Å². The summed E-state index contributed by atoms with van der Waals surface area (Å²) in [5, 5.41) is 3.14.